The van der Waals surface area contributed by atoms with Gasteiger partial charge in [-0.2, -0.15) is 13.2 Å². The Hall–Kier alpha value is -2.91. The lowest BCUT2D eigenvalue weighted by molar-refractivity contribution is -0.227. The maximum absolute atomic E-state index is 13.3. The van der Waals surface area contributed by atoms with E-state index in [4.69, 9.17) is 5.11 Å². The third kappa shape index (κ3) is 2.71. The molecule has 0 saturated carbocycles. The Balaban J connectivity index is 1.88. The first-order valence-corrected chi connectivity index (χ1v) is 7.74. The van der Waals surface area contributed by atoms with Crippen LogP contribution in [0.3, 0.4) is 0 Å². The molecule has 1 amide bonds. The molecule has 1 N–H and O–H groups in total. The Labute approximate surface area is 146 Å². The Morgan fingerprint density at radius 1 is 1.23 bits per heavy atom. The van der Waals surface area contributed by atoms with Crippen LogP contribution in [0.15, 0.2) is 30.3 Å². The minimum Gasteiger partial charge on any atom is -0.481 e. The molecular formula is C16H15F3N4O3. The number of alkyl halides is 3. The zero-order valence-electron chi connectivity index (χ0n) is 13.7. The molecule has 1 fully saturated rings. The molecule has 1 saturated heterocycles. The van der Waals surface area contributed by atoms with Gasteiger partial charge in [-0.25, -0.2) is 4.68 Å². The van der Waals surface area contributed by atoms with Crippen LogP contribution in [-0.2, 0) is 4.79 Å². The number of nitrogens with zero attached hydrogens (tertiary/aromatic N) is 4. The highest BCUT2D eigenvalue weighted by Crippen LogP contribution is 2.46. The summed E-state index contributed by atoms with van der Waals surface area (Å²) in [5.41, 5.74) is -2.04. The SMILES string of the molecule is Cc1c(C(=O)N2CCC(C(=O)O)(C(F)(F)F)C2)nnn1-c1ccccc1. The minimum atomic E-state index is -4.95. The number of rotatable bonds is 3. The molecule has 3 rings (SSSR count). The van der Waals surface area contributed by atoms with E-state index in [2.05, 4.69) is 10.3 Å². The quantitative estimate of drug-likeness (QED) is 0.896. The van der Waals surface area contributed by atoms with Crippen molar-refractivity contribution in [2.45, 2.75) is 19.5 Å². The van der Waals surface area contributed by atoms with Crippen LogP contribution in [0.2, 0.25) is 0 Å². The highest BCUT2D eigenvalue weighted by atomic mass is 19.4. The van der Waals surface area contributed by atoms with Crippen molar-refractivity contribution in [1.82, 2.24) is 19.9 Å². The van der Waals surface area contributed by atoms with Crippen LogP contribution in [0.4, 0.5) is 13.2 Å². The van der Waals surface area contributed by atoms with Gasteiger partial charge >= 0.3 is 12.1 Å². The van der Waals surface area contributed by atoms with Gasteiger partial charge in [0.25, 0.3) is 5.91 Å². The number of hydrogen-bond donors (Lipinski definition) is 1. The summed E-state index contributed by atoms with van der Waals surface area (Å²) in [6.45, 7) is 0.315. The molecule has 1 aromatic carbocycles. The van der Waals surface area contributed by atoms with Crippen LogP contribution >= 0.6 is 0 Å². The minimum absolute atomic E-state index is 0.0998. The number of carbonyl (C=O) groups excluding carboxylic acids is 1. The van der Waals surface area contributed by atoms with E-state index in [0.29, 0.717) is 11.4 Å². The average Bonchev–Trinajstić information content (AvgIpc) is 3.19. The topological polar surface area (TPSA) is 88.3 Å². The first-order chi connectivity index (χ1) is 12.2. The summed E-state index contributed by atoms with van der Waals surface area (Å²) in [5.74, 6) is -2.75. The molecule has 1 atom stereocenters. The van der Waals surface area contributed by atoms with E-state index in [1.54, 1.807) is 37.3 Å². The molecule has 1 aliphatic rings. The molecule has 2 heterocycles. The lowest BCUT2D eigenvalue weighted by Crippen LogP contribution is -2.47. The first kappa shape index (κ1) is 17.9. The predicted octanol–water partition coefficient (Wildman–Crippen LogP) is 2.05. The summed E-state index contributed by atoms with van der Waals surface area (Å²) >= 11 is 0. The monoisotopic (exact) mass is 368 g/mol. The number of halogens is 3. The molecule has 26 heavy (non-hydrogen) atoms. The van der Waals surface area contributed by atoms with Crippen molar-refractivity contribution in [3.63, 3.8) is 0 Å². The Morgan fingerprint density at radius 2 is 1.88 bits per heavy atom. The van der Waals surface area contributed by atoms with Gasteiger partial charge in [0.1, 0.15) is 0 Å². The Bertz CT molecular complexity index is 850. The second-order valence-electron chi connectivity index (χ2n) is 6.13. The van der Waals surface area contributed by atoms with Crippen molar-refractivity contribution < 1.29 is 27.9 Å². The number of benzene rings is 1. The molecule has 0 spiro atoms. The summed E-state index contributed by atoms with van der Waals surface area (Å²) in [6, 6.07) is 8.82. The fourth-order valence-electron chi connectivity index (χ4n) is 3.00. The lowest BCUT2D eigenvalue weighted by Gasteiger charge is -2.27. The van der Waals surface area contributed by atoms with Crippen LogP contribution in [0.25, 0.3) is 5.69 Å². The number of carboxylic acid groups (broad SMARTS) is 1. The van der Waals surface area contributed by atoms with Crippen LogP contribution in [0.1, 0.15) is 22.6 Å². The Morgan fingerprint density at radius 3 is 2.42 bits per heavy atom. The third-order valence-electron chi connectivity index (χ3n) is 4.61. The summed E-state index contributed by atoms with van der Waals surface area (Å²) < 4.78 is 41.2. The number of carboxylic acids is 1. The fourth-order valence-corrected chi connectivity index (χ4v) is 3.00. The molecule has 0 bridgehead atoms. The summed E-state index contributed by atoms with van der Waals surface area (Å²) in [5, 5.41) is 16.8. The number of aromatic nitrogens is 3. The number of likely N-dealkylation sites (tertiary alicyclic amines) is 1. The van der Waals surface area contributed by atoms with E-state index in [0.717, 1.165) is 4.90 Å². The van der Waals surface area contributed by atoms with Gasteiger partial charge < -0.3 is 10.0 Å². The van der Waals surface area contributed by atoms with Crippen LogP contribution < -0.4 is 0 Å². The maximum atomic E-state index is 13.3. The molecule has 0 aliphatic carbocycles. The van der Waals surface area contributed by atoms with Crippen molar-refractivity contribution in [2.24, 2.45) is 5.41 Å². The van der Waals surface area contributed by atoms with Crippen LogP contribution in [-0.4, -0.2) is 56.1 Å². The first-order valence-electron chi connectivity index (χ1n) is 7.74. The summed E-state index contributed by atoms with van der Waals surface area (Å²) in [4.78, 5) is 24.7. The molecule has 2 aromatic rings. The van der Waals surface area contributed by atoms with Gasteiger partial charge in [0.15, 0.2) is 11.1 Å². The maximum Gasteiger partial charge on any atom is 0.406 e. The number of carbonyl (C=O) groups is 2. The third-order valence-corrected chi connectivity index (χ3v) is 4.61. The van der Waals surface area contributed by atoms with Crippen molar-refractivity contribution in [2.75, 3.05) is 13.1 Å². The second kappa shape index (κ2) is 6.11. The highest BCUT2D eigenvalue weighted by Gasteiger charge is 2.64. The summed E-state index contributed by atoms with van der Waals surface area (Å²) in [6.07, 6.45) is -5.64. The van der Waals surface area contributed by atoms with Gasteiger partial charge in [-0.15, -0.1) is 5.10 Å². The molecule has 138 valence electrons. The zero-order valence-corrected chi connectivity index (χ0v) is 13.7. The number of amides is 1. The van der Waals surface area contributed by atoms with E-state index in [1.807, 2.05) is 0 Å². The number of aliphatic carboxylic acids is 1. The van der Waals surface area contributed by atoms with Crippen LogP contribution in [0, 0.1) is 12.3 Å². The Kier molecular flexibility index (Phi) is 4.21. The van der Waals surface area contributed by atoms with Crippen molar-refractivity contribution in [3.05, 3.63) is 41.7 Å². The molecule has 1 aromatic heterocycles. The number of hydrogen-bond acceptors (Lipinski definition) is 4. The van der Waals surface area contributed by atoms with Crippen molar-refractivity contribution in [1.29, 1.82) is 0 Å². The molecule has 1 aliphatic heterocycles. The lowest BCUT2D eigenvalue weighted by atomic mass is 9.86. The van der Waals surface area contributed by atoms with E-state index in [1.165, 1.54) is 4.68 Å². The van der Waals surface area contributed by atoms with Gasteiger partial charge in [-0.3, -0.25) is 9.59 Å². The highest BCUT2D eigenvalue weighted by molar-refractivity contribution is 5.94. The van der Waals surface area contributed by atoms with E-state index < -0.39 is 36.4 Å². The van der Waals surface area contributed by atoms with Gasteiger partial charge in [-0.05, 0) is 25.5 Å². The standard InChI is InChI=1S/C16H15F3N4O3/c1-10-12(20-21-23(10)11-5-3-2-4-6-11)13(24)22-8-7-15(9-22,14(25)26)16(17,18)19/h2-6H,7-9H2,1H3,(H,25,26). The molecule has 10 heteroatoms. The summed E-state index contributed by atoms with van der Waals surface area (Å²) in [7, 11) is 0. The van der Waals surface area contributed by atoms with Gasteiger partial charge in [0.2, 0.25) is 0 Å². The average molecular weight is 368 g/mol. The molecule has 7 nitrogen and oxygen atoms in total. The largest absolute Gasteiger partial charge is 0.481 e. The van der Waals surface area contributed by atoms with E-state index in [-0.39, 0.29) is 12.2 Å². The molecule has 1 unspecified atom stereocenters. The van der Waals surface area contributed by atoms with E-state index in [9.17, 15) is 22.8 Å². The van der Waals surface area contributed by atoms with Gasteiger partial charge in [-0.1, -0.05) is 23.4 Å². The van der Waals surface area contributed by atoms with Gasteiger partial charge in [0.05, 0.1) is 11.4 Å². The van der Waals surface area contributed by atoms with Crippen molar-refractivity contribution in [3.8, 4) is 5.69 Å². The smallest absolute Gasteiger partial charge is 0.406 e. The normalized spacial score (nSPS) is 20.4. The zero-order chi connectivity index (χ0) is 19.1. The second-order valence-corrected chi connectivity index (χ2v) is 6.13. The predicted molar refractivity (Wildman–Crippen MR) is 82.7 cm³/mol. The molecular weight excluding hydrogens is 353 g/mol. The van der Waals surface area contributed by atoms with Gasteiger partial charge in [0, 0.05) is 13.1 Å². The van der Waals surface area contributed by atoms with Crippen LogP contribution in [0.5, 0.6) is 0 Å². The molecule has 0 radical (unpaired) electrons. The van der Waals surface area contributed by atoms with E-state index >= 15 is 0 Å². The van der Waals surface area contributed by atoms with Crippen molar-refractivity contribution >= 4 is 11.9 Å². The fraction of sp³-hybridized carbons (Fsp3) is 0.375. The number of para-hydroxylation sites is 1.